The second kappa shape index (κ2) is 6.76. The van der Waals surface area contributed by atoms with E-state index in [0.29, 0.717) is 30.8 Å². The zero-order valence-corrected chi connectivity index (χ0v) is 15.4. The van der Waals surface area contributed by atoms with Crippen molar-refractivity contribution in [3.63, 3.8) is 0 Å². The van der Waals surface area contributed by atoms with E-state index in [4.69, 9.17) is 0 Å². The molecule has 0 spiro atoms. The maximum Gasteiger partial charge on any atom is 0.254 e. The van der Waals surface area contributed by atoms with Crippen LogP contribution in [0.5, 0.6) is 0 Å². The molecule has 1 heterocycles. The van der Waals surface area contributed by atoms with Crippen molar-refractivity contribution in [2.45, 2.75) is 31.8 Å². The van der Waals surface area contributed by atoms with Gasteiger partial charge in [-0.25, -0.2) is 8.42 Å². The zero-order valence-electron chi connectivity index (χ0n) is 14.5. The number of sulfonamides is 1. The predicted molar refractivity (Wildman–Crippen MR) is 102 cm³/mol. The molecule has 1 saturated carbocycles. The summed E-state index contributed by atoms with van der Waals surface area (Å²) in [4.78, 5) is 15.0. The third-order valence-electron chi connectivity index (χ3n) is 4.92. The molecule has 2 aromatic carbocycles. The van der Waals surface area contributed by atoms with Crippen LogP contribution in [-0.2, 0) is 16.6 Å². The number of rotatable bonds is 5. The minimum absolute atomic E-state index is 0.0326. The fourth-order valence-electron chi connectivity index (χ4n) is 3.42. The molecule has 1 aliphatic heterocycles. The van der Waals surface area contributed by atoms with Crippen molar-refractivity contribution < 1.29 is 13.2 Å². The Morgan fingerprint density at radius 2 is 1.85 bits per heavy atom. The van der Waals surface area contributed by atoms with Crippen molar-refractivity contribution in [1.29, 1.82) is 0 Å². The fourth-order valence-corrected chi connectivity index (χ4v) is 4.98. The summed E-state index contributed by atoms with van der Waals surface area (Å²) in [6.07, 6.45) is 2.68. The van der Waals surface area contributed by atoms with Crippen LogP contribution in [0.2, 0.25) is 0 Å². The molecule has 1 aliphatic carbocycles. The first kappa shape index (κ1) is 17.1. The summed E-state index contributed by atoms with van der Waals surface area (Å²) in [5.74, 6) is 0.141. The normalized spacial score (nSPS) is 18.7. The molecule has 1 saturated heterocycles. The number of carbonyl (C=O) groups is 1. The van der Waals surface area contributed by atoms with Gasteiger partial charge in [-0.15, -0.1) is 0 Å². The van der Waals surface area contributed by atoms with E-state index >= 15 is 0 Å². The van der Waals surface area contributed by atoms with Crippen molar-refractivity contribution in [2.75, 3.05) is 16.6 Å². The van der Waals surface area contributed by atoms with Crippen LogP contribution in [-0.4, -0.2) is 37.6 Å². The lowest BCUT2D eigenvalue weighted by Gasteiger charge is -2.24. The van der Waals surface area contributed by atoms with Crippen molar-refractivity contribution in [2.24, 2.45) is 0 Å². The first-order chi connectivity index (χ1) is 12.5. The molecule has 2 aliphatic rings. The Morgan fingerprint density at radius 3 is 2.50 bits per heavy atom. The van der Waals surface area contributed by atoms with Crippen LogP contribution in [0, 0.1) is 0 Å². The summed E-state index contributed by atoms with van der Waals surface area (Å²) in [7, 11) is -3.25. The molecule has 0 aromatic heterocycles. The van der Waals surface area contributed by atoms with Crippen molar-refractivity contribution in [1.82, 2.24) is 4.90 Å². The zero-order chi connectivity index (χ0) is 18.1. The second-order valence-corrected chi connectivity index (χ2v) is 8.95. The Morgan fingerprint density at radius 1 is 1.08 bits per heavy atom. The summed E-state index contributed by atoms with van der Waals surface area (Å²) >= 11 is 0. The molecule has 6 heteroatoms. The monoisotopic (exact) mass is 370 g/mol. The summed E-state index contributed by atoms with van der Waals surface area (Å²) in [6.45, 7) is 1.06. The molecule has 136 valence electrons. The van der Waals surface area contributed by atoms with E-state index in [1.54, 1.807) is 24.3 Å². The molecular weight excluding hydrogens is 348 g/mol. The summed E-state index contributed by atoms with van der Waals surface area (Å²) in [6, 6.07) is 17.3. The number of nitrogens with zero attached hydrogens (tertiary/aromatic N) is 2. The van der Waals surface area contributed by atoms with Crippen LogP contribution >= 0.6 is 0 Å². The average Bonchev–Trinajstić information content (AvgIpc) is 3.42. The van der Waals surface area contributed by atoms with Gasteiger partial charge < -0.3 is 4.90 Å². The van der Waals surface area contributed by atoms with E-state index in [9.17, 15) is 13.2 Å². The lowest BCUT2D eigenvalue weighted by atomic mass is 10.1. The van der Waals surface area contributed by atoms with E-state index < -0.39 is 10.0 Å². The molecule has 0 atom stereocenters. The number of anilines is 1. The number of benzene rings is 2. The van der Waals surface area contributed by atoms with Gasteiger partial charge in [0.05, 0.1) is 11.4 Å². The molecule has 0 N–H and O–H groups in total. The lowest BCUT2D eigenvalue weighted by Crippen LogP contribution is -2.33. The van der Waals surface area contributed by atoms with Crippen LogP contribution in [0.15, 0.2) is 54.6 Å². The Hall–Kier alpha value is -2.34. The highest BCUT2D eigenvalue weighted by Crippen LogP contribution is 2.31. The third-order valence-corrected chi connectivity index (χ3v) is 6.79. The quantitative estimate of drug-likeness (QED) is 0.813. The van der Waals surface area contributed by atoms with Gasteiger partial charge in [0.2, 0.25) is 10.0 Å². The Labute approximate surface area is 154 Å². The lowest BCUT2D eigenvalue weighted by molar-refractivity contribution is 0.0730. The average molecular weight is 370 g/mol. The largest absolute Gasteiger partial charge is 0.331 e. The molecule has 1 amide bonds. The maximum atomic E-state index is 13.1. The standard InChI is InChI=1S/C20H22N2O3S/c23-20(21(18-10-11-18)15-16-6-2-1-3-7-16)17-8-4-9-19(14-17)22-12-5-13-26(22,24)25/h1-4,6-9,14,18H,5,10-13,15H2. The van der Waals surface area contributed by atoms with E-state index in [-0.39, 0.29) is 17.7 Å². The van der Waals surface area contributed by atoms with Crippen LogP contribution < -0.4 is 4.31 Å². The van der Waals surface area contributed by atoms with Crippen LogP contribution in [0.25, 0.3) is 0 Å². The van der Waals surface area contributed by atoms with Gasteiger partial charge in [-0.3, -0.25) is 9.10 Å². The molecule has 0 unspecified atom stereocenters. The van der Waals surface area contributed by atoms with Gasteiger partial charge in [0.15, 0.2) is 0 Å². The number of carbonyl (C=O) groups excluding carboxylic acids is 1. The molecule has 4 rings (SSSR count). The van der Waals surface area contributed by atoms with Crippen LogP contribution in [0.3, 0.4) is 0 Å². The van der Waals surface area contributed by atoms with Gasteiger partial charge in [0, 0.05) is 24.7 Å². The molecule has 26 heavy (non-hydrogen) atoms. The van der Waals surface area contributed by atoms with E-state index in [0.717, 1.165) is 18.4 Å². The van der Waals surface area contributed by atoms with Crippen molar-refractivity contribution in [3.8, 4) is 0 Å². The Balaban J connectivity index is 1.59. The first-order valence-electron chi connectivity index (χ1n) is 9.00. The topological polar surface area (TPSA) is 57.7 Å². The molecule has 2 aromatic rings. The minimum atomic E-state index is -3.25. The maximum absolute atomic E-state index is 13.1. The molecule has 0 radical (unpaired) electrons. The summed E-state index contributed by atoms with van der Waals surface area (Å²) in [5.41, 5.74) is 2.24. The van der Waals surface area contributed by atoms with Crippen LogP contribution in [0.4, 0.5) is 5.69 Å². The second-order valence-electron chi connectivity index (χ2n) is 6.94. The number of hydrogen-bond donors (Lipinski definition) is 0. The Bertz CT molecular complexity index is 908. The Kier molecular flexibility index (Phi) is 4.44. The van der Waals surface area contributed by atoms with Gasteiger partial charge in [-0.2, -0.15) is 0 Å². The highest BCUT2D eigenvalue weighted by Gasteiger charge is 2.34. The summed E-state index contributed by atoms with van der Waals surface area (Å²) in [5, 5.41) is 0. The molecule has 2 fully saturated rings. The fraction of sp³-hybridized carbons (Fsp3) is 0.350. The SMILES string of the molecule is O=C(c1cccc(N2CCCS2(=O)=O)c1)N(Cc1ccccc1)C1CC1. The highest BCUT2D eigenvalue weighted by molar-refractivity contribution is 7.93. The number of amides is 1. The van der Waals surface area contributed by atoms with Crippen molar-refractivity contribution in [3.05, 3.63) is 65.7 Å². The third kappa shape index (κ3) is 3.46. The predicted octanol–water partition coefficient (Wildman–Crippen LogP) is 3.03. The smallest absolute Gasteiger partial charge is 0.254 e. The van der Waals surface area contributed by atoms with Crippen molar-refractivity contribution >= 4 is 21.6 Å². The van der Waals surface area contributed by atoms with Gasteiger partial charge in [-0.05, 0) is 43.0 Å². The highest BCUT2D eigenvalue weighted by atomic mass is 32.2. The van der Waals surface area contributed by atoms with E-state index in [1.165, 1.54) is 4.31 Å². The first-order valence-corrected chi connectivity index (χ1v) is 10.6. The molecule has 5 nitrogen and oxygen atoms in total. The molecular formula is C20H22N2O3S. The summed E-state index contributed by atoms with van der Waals surface area (Å²) < 4.78 is 25.8. The van der Waals surface area contributed by atoms with Gasteiger partial charge in [0.25, 0.3) is 5.91 Å². The van der Waals surface area contributed by atoms with E-state index in [1.807, 2.05) is 35.2 Å². The number of hydrogen-bond acceptors (Lipinski definition) is 3. The van der Waals surface area contributed by atoms with Crippen LogP contribution in [0.1, 0.15) is 35.2 Å². The minimum Gasteiger partial charge on any atom is -0.331 e. The van der Waals surface area contributed by atoms with Gasteiger partial charge in [-0.1, -0.05) is 36.4 Å². The van der Waals surface area contributed by atoms with Gasteiger partial charge in [0.1, 0.15) is 0 Å². The van der Waals surface area contributed by atoms with Gasteiger partial charge >= 0.3 is 0 Å². The molecule has 0 bridgehead atoms. The van der Waals surface area contributed by atoms with E-state index in [2.05, 4.69) is 0 Å².